The van der Waals surface area contributed by atoms with Gasteiger partial charge < -0.3 is 14.1 Å². The molecule has 7 nitrogen and oxygen atoms in total. The second kappa shape index (κ2) is 8.52. The Balaban J connectivity index is 1.26. The molecule has 0 aliphatic carbocycles. The molecule has 1 amide bonds. The second-order valence-electron chi connectivity index (χ2n) is 6.83. The Morgan fingerprint density at radius 2 is 2.04 bits per heavy atom. The van der Waals surface area contributed by atoms with E-state index in [1.54, 1.807) is 6.92 Å². The molecule has 1 aliphatic heterocycles. The van der Waals surface area contributed by atoms with Crippen LogP contribution >= 0.6 is 11.3 Å². The molecule has 4 rings (SSSR count). The Morgan fingerprint density at radius 3 is 2.75 bits per heavy atom. The van der Waals surface area contributed by atoms with Crippen LogP contribution in [0.5, 0.6) is 5.75 Å². The lowest BCUT2D eigenvalue weighted by Crippen LogP contribution is -2.38. The van der Waals surface area contributed by atoms with Crippen LogP contribution in [0, 0.1) is 6.92 Å². The number of benzene rings is 1. The molecule has 8 heteroatoms. The molecule has 1 aliphatic rings. The standard InChI is InChI=1S/C20H22N4O3S/c1-14-22-23-20(27-14)15-7-9-24(10-8-15)19(25)11-16-13-28-18(21-16)12-26-17-5-3-2-4-6-17/h2-6,13,15H,7-12H2,1H3. The maximum Gasteiger partial charge on any atom is 0.228 e. The van der Waals surface area contributed by atoms with Gasteiger partial charge >= 0.3 is 0 Å². The third-order valence-electron chi connectivity index (χ3n) is 4.78. The number of nitrogens with zero attached hydrogens (tertiary/aromatic N) is 4. The number of aromatic nitrogens is 3. The summed E-state index contributed by atoms with van der Waals surface area (Å²) in [4.78, 5) is 19.1. The number of carbonyl (C=O) groups is 1. The number of carbonyl (C=O) groups excluding carboxylic acids is 1. The molecule has 1 saturated heterocycles. The summed E-state index contributed by atoms with van der Waals surface area (Å²) in [6, 6.07) is 9.65. The van der Waals surface area contributed by atoms with Crippen LogP contribution in [-0.4, -0.2) is 39.1 Å². The van der Waals surface area contributed by atoms with Gasteiger partial charge in [0.25, 0.3) is 0 Å². The molecular weight excluding hydrogens is 376 g/mol. The second-order valence-corrected chi connectivity index (χ2v) is 7.77. The molecule has 0 bridgehead atoms. The van der Waals surface area contributed by atoms with Gasteiger partial charge in [-0.05, 0) is 25.0 Å². The van der Waals surface area contributed by atoms with Crippen molar-refractivity contribution in [3.63, 3.8) is 0 Å². The van der Waals surface area contributed by atoms with Gasteiger partial charge in [0.05, 0.1) is 12.1 Å². The average Bonchev–Trinajstić information content (AvgIpc) is 3.36. The molecule has 28 heavy (non-hydrogen) atoms. The number of piperidine rings is 1. The SMILES string of the molecule is Cc1nnc(C2CCN(C(=O)Cc3csc(COc4ccccc4)n3)CC2)o1. The normalized spacial score (nSPS) is 15.0. The Hall–Kier alpha value is -2.74. The van der Waals surface area contributed by atoms with Gasteiger partial charge in [0.1, 0.15) is 17.4 Å². The number of thiazole rings is 1. The van der Waals surface area contributed by atoms with Crippen LogP contribution in [0.4, 0.5) is 0 Å². The molecule has 3 aromatic rings. The van der Waals surface area contributed by atoms with E-state index in [1.165, 1.54) is 11.3 Å². The minimum Gasteiger partial charge on any atom is -0.486 e. The number of rotatable bonds is 6. The summed E-state index contributed by atoms with van der Waals surface area (Å²) >= 11 is 1.52. The monoisotopic (exact) mass is 398 g/mol. The summed E-state index contributed by atoms with van der Waals surface area (Å²) in [6.07, 6.45) is 2.02. The van der Waals surface area contributed by atoms with Crippen molar-refractivity contribution in [1.29, 1.82) is 0 Å². The van der Waals surface area contributed by atoms with E-state index in [9.17, 15) is 4.79 Å². The number of hydrogen-bond donors (Lipinski definition) is 0. The molecular formula is C20H22N4O3S. The maximum absolute atomic E-state index is 12.6. The van der Waals surface area contributed by atoms with Crippen LogP contribution in [0.2, 0.25) is 0 Å². The van der Waals surface area contributed by atoms with Gasteiger partial charge in [0, 0.05) is 31.3 Å². The van der Waals surface area contributed by atoms with Crippen molar-refractivity contribution in [2.24, 2.45) is 0 Å². The Labute approximate surface area is 167 Å². The predicted octanol–water partition coefficient (Wildman–Crippen LogP) is 3.36. The molecule has 0 atom stereocenters. The minimum absolute atomic E-state index is 0.112. The van der Waals surface area contributed by atoms with Gasteiger partial charge in [-0.2, -0.15) is 0 Å². The fraction of sp³-hybridized carbons (Fsp3) is 0.400. The third kappa shape index (κ3) is 4.56. The molecule has 0 spiro atoms. The van der Waals surface area contributed by atoms with E-state index < -0.39 is 0 Å². The Bertz CT molecular complexity index is 916. The zero-order valence-corrected chi connectivity index (χ0v) is 16.5. The first-order valence-corrected chi connectivity index (χ1v) is 10.2. The van der Waals surface area contributed by atoms with Crippen LogP contribution in [0.15, 0.2) is 40.1 Å². The minimum atomic E-state index is 0.112. The Morgan fingerprint density at radius 1 is 1.25 bits per heavy atom. The number of hydrogen-bond acceptors (Lipinski definition) is 7. The van der Waals surface area contributed by atoms with Crippen molar-refractivity contribution in [3.8, 4) is 5.75 Å². The van der Waals surface area contributed by atoms with E-state index in [0.29, 0.717) is 37.9 Å². The summed E-state index contributed by atoms with van der Waals surface area (Å²) in [5.41, 5.74) is 0.802. The van der Waals surface area contributed by atoms with Crippen molar-refractivity contribution in [3.05, 3.63) is 58.2 Å². The largest absolute Gasteiger partial charge is 0.486 e. The number of amides is 1. The molecule has 2 aromatic heterocycles. The first-order chi connectivity index (χ1) is 13.7. The molecule has 1 fully saturated rings. The van der Waals surface area contributed by atoms with Crippen LogP contribution in [0.3, 0.4) is 0 Å². The van der Waals surface area contributed by atoms with E-state index in [0.717, 1.165) is 29.3 Å². The predicted molar refractivity (Wildman–Crippen MR) is 104 cm³/mol. The van der Waals surface area contributed by atoms with E-state index in [2.05, 4.69) is 15.2 Å². The molecule has 1 aromatic carbocycles. The highest BCUT2D eigenvalue weighted by atomic mass is 32.1. The van der Waals surface area contributed by atoms with Gasteiger partial charge in [0.15, 0.2) is 0 Å². The van der Waals surface area contributed by atoms with E-state index in [1.807, 2.05) is 40.6 Å². The Kier molecular flexibility index (Phi) is 5.66. The van der Waals surface area contributed by atoms with Crippen molar-refractivity contribution < 1.29 is 13.9 Å². The smallest absolute Gasteiger partial charge is 0.228 e. The van der Waals surface area contributed by atoms with Crippen molar-refractivity contribution in [1.82, 2.24) is 20.1 Å². The summed E-state index contributed by atoms with van der Waals surface area (Å²) in [7, 11) is 0. The number of likely N-dealkylation sites (tertiary alicyclic amines) is 1. The summed E-state index contributed by atoms with van der Waals surface area (Å²) in [5, 5.41) is 10.8. The van der Waals surface area contributed by atoms with E-state index >= 15 is 0 Å². The third-order valence-corrected chi connectivity index (χ3v) is 5.65. The highest BCUT2D eigenvalue weighted by Crippen LogP contribution is 2.27. The molecule has 0 saturated carbocycles. The number of aryl methyl sites for hydroxylation is 1. The topological polar surface area (TPSA) is 81.4 Å². The van der Waals surface area contributed by atoms with E-state index in [-0.39, 0.29) is 11.8 Å². The van der Waals surface area contributed by atoms with Gasteiger partial charge in [-0.25, -0.2) is 4.98 Å². The lowest BCUT2D eigenvalue weighted by molar-refractivity contribution is -0.131. The highest BCUT2D eigenvalue weighted by molar-refractivity contribution is 7.09. The lowest BCUT2D eigenvalue weighted by atomic mass is 9.96. The summed E-state index contributed by atoms with van der Waals surface area (Å²) < 4.78 is 11.2. The molecule has 146 valence electrons. The number of para-hydroxylation sites is 1. The highest BCUT2D eigenvalue weighted by Gasteiger charge is 2.27. The zero-order valence-electron chi connectivity index (χ0n) is 15.7. The molecule has 3 heterocycles. The fourth-order valence-electron chi connectivity index (χ4n) is 3.28. The van der Waals surface area contributed by atoms with E-state index in [4.69, 9.17) is 9.15 Å². The van der Waals surface area contributed by atoms with Crippen LogP contribution in [0.1, 0.15) is 41.2 Å². The van der Waals surface area contributed by atoms with Crippen LogP contribution < -0.4 is 4.74 Å². The fourth-order valence-corrected chi connectivity index (χ4v) is 3.98. The first kappa shape index (κ1) is 18.6. The van der Waals surface area contributed by atoms with Gasteiger partial charge in [0.2, 0.25) is 17.7 Å². The molecule has 0 N–H and O–H groups in total. The average molecular weight is 398 g/mol. The summed E-state index contributed by atoms with van der Waals surface area (Å²) in [5.74, 6) is 2.44. The molecule has 0 radical (unpaired) electrons. The molecule has 0 unspecified atom stereocenters. The van der Waals surface area contributed by atoms with Crippen LogP contribution in [0.25, 0.3) is 0 Å². The van der Waals surface area contributed by atoms with Crippen molar-refractivity contribution in [2.45, 2.75) is 38.7 Å². The number of ether oxygens (including phenoxy) is 1. The maximum atomic E-state index is 12.6. The van der Waals surface area contributed by atoms with Gasteiger partial charge in [-0.3, -0.25) is 4.79 Å². The quantitative estimate of drug-likeness (QED) is 0.633. The van der Waals surface area contributed by atoms with Gasteiger partial charge in [-0.1, -0.05) is 18.2 Å². The lowest BCUT2D eigenvalue weighted by Gasteiger charge is -2.30. The summed E-state index contributed by atoms with van der Waals surface area (Å²) in [6.45, 7) is 3.62. The first-order valence-electron chi connectivity index (χ1n) is 9.36. The van der Waals surface area contributed by atoms with Crippen molar-refractivity contribution >= 4 is 17.2 Å². The zero-order chi connectivity index (χ0) is 19.3. The van der Waals surface area contributed by atoms with Gasteiger partial charge in [-0.15, -0.1) is 21.5 Å². The van der Waals surface area contributed by atoms with Crippen LogP contribution in [-0.2, 0) is 17.8 Å². The van der Waals surface area contributed by atoms with Crippen molar-refractivity contribution in [2.75, 3.05) is 13.1 Å².